The lowest BCUT2D eigenvalue weighted by Crippen LogP contribution is -2.35. The third-order valence-corrected chi connectivity index (χ3v) is 4.78. The summed E-state index contributed by atoms with van der Waals surface area (Å²) < 4.78 is 5.22. The zero-order valence-corrected chi connectivity index (χ0v) is 15.0. The third-order valence-electron chi connectivity index (χ3n) is 3.65. The number of hydrogen-bond acceptors (Lipinski definition) is 5. The lowest BCUT2D eigenvalue weighted by atomic mass is 10.0. The van der Waals surface area contributed by atoms with Gasteiger partial charge in [-0.25, -0.2) is 9.59 Å². The molecule has 0 spiro atoms. The van der Waals surface area contributed by atoms with Gasteiger partial charge in [0.25, 0.3) is 0 Å². The van der Waals surface area contributed by atoms with Crippen molar-refractivity contribution in [3.63, 3.8) is 0 Å². The average Bonchev–Trinajstić information content (AvgIpc) is 2.72. The van der Waals surface area contributed by atoms with Crippen LogP contribution < -0.4 is 5.32 Å². The molecule has 0 saturated carbocycles. The van der Waals surface area contributed by atoms with E-state index in [2.05, 4.69) is 24.1 Å². The lowest BCUT2D eigenvalue weighted by Gasteiger charge is -2.30. The molecule has 1 aliphatic heterocycles. The van der Waals surface area contributed by atoms with Crippen molar-refractivity contribution in [1.82, 2.24) is 4.90 Å². The maximum atomic E-state index is 12.0. The fourth-order valence-electron chi connectivity index (χ4n) is 2.57. The Balaban J connectivity index is 2.27. The molecule has 23 heavy (non-hydrogen) atoms. The van der Waals surface area contributed by atoms with E-state index >= 15 is 0 Å². The molecule has 0 radical (unpaired) electrons. The van der Waals surface area contributed by atoms with Crippen molar-refractivity contribution in [2.75, 3.05) is 11.9 Å². The van der Waals surface area contributed by atoms with Crippen LogP contribution in [-0.4, -0.2) is 40.3 Å². The largest absolute Gasteiger partial charge is 0.478 e. The quantitative estimate of drug-likeness (QED) is 0.879. The van der Waals surface area contributed by atoms with Crippen molar-refractivity contribution in [2.45, 2.75) is 59.2 Å². The van der Waals surface area contributed by atoms with Gasteiger partial charge in [0.05, 0.1) is 5.56 Å². The summed E-state index contributed by atoms with van der Waals surface area (Å²) in [5.74, 6) is -1.01. The van der Waals surface area contributed by atoms with E-state index in [1.807, 2.05) is 0 Å². The highest BCUT2D eigenvalue weighted by Gasteiger charge is 2.30. The standard InChI is InChI=1S/C16H24N2O4S/c1-9(2)18-7-6-10-11(8-18)23-13(12(10)14(19)20)17-15(21)22-16(3,4)5/h9H,6-8H2,1-5H3,(H,17,21)(H,19,20). The van der Waals surface area contributed by atoms with Gasteiger partial charge < -0.3 is 9.84 Å². The van der Waals surface area contributed by atoms with Crippen LogP contribution in [0.4, 0.5) is 9.80 Å². The number of ether oxygens (including phenoxy) is 1. The smallest absolute Gasteiger partial charge is 0.412 e. The predicted octanol–water partition coefficient (Wildman–Crippen LogP) is 3.56. The Morgan fingerprint density at radius 2 is 2.00 bits per heavy atom. The Hall–Kier alpha value is -1.60. The number of carboxylic acids is 1. The van der Waals surface area contributed by atoms with E-state index in [9.17, 15) is 14.7 Å². The van der Waals surface area contributed by atoms with Gasteiger partial charge >= 0.3 is 12.1 Å². The van der Waals surface area contributed by atoms with Crippen molar-refractivity contribution in [3.8, 4) is 0 Å². The molecule has 7 heteroatoms. The maximum absolute atomic E-state index is 12.0. The first-order valence-corrected chi connectivity index (χ1v) is 8.52. The highest BCUT2D eigenvalue weighted by molar-refractivity contribution is 7.17. The molecule has 0 unspecified atom stereocenters. The highest BCUT2D eigenvalue weighted by Crippen LogP contribution is 2.37. The number of nitrogens with one attached hydrogen (secondary N) is 1. The van der Waals surface area contributed by atoms with Crippen LogP contribution in [0.1, 0.15) is 55.4 Å². The molecule has 1 aromatic heterocycles. The first kappa shape index (κ1) is 17.7. The summed E-state index contributed by atoms with van der Waals surface area (Å²) in [7, 11) is 0. The van der Waals surface area contributed by atoms with Crippen LogP contribution in [0.5, 0.6) is 0 Å². The summed E-state index contributed by atoms with van der Waals surface area (Å²) in [5.41, 5.74) is 0.420. The molecular formula is C16H24N2O4S. The van der Waals surface area contributed by atoms with Gasteiger partial charge in [0.1, 0.15) is 10.6 Å². The number of aromatic carboxylic acids is 1. The van der Waals surface area contributed by atoms with Gasteiger partial charge in [-0.1, -0.05) is 0 Å². The number of carbonyl (C=O) groups is 2. The number of carboxylic acid groups (broad SMARTS) is 1. The SMILES string of the molecule is CC(C)N1CCc2c(sc(NC(=O)OC(C)(C)C)c2C(=O)O)C1. The van der Waals surface area contributed by atoms with Crippen LogP contribution in [0.25, 0.3) is 0 Å². The van der Waals surface area contributed by atoms with Gasteiger partial charge in [-0.2, -0.15) is 0 Å². The second kappa shape index (κ2) is 6.49. The van der Waals surface area contributed by atoms with Crippen LogP contribution >= 0.6 is 11.3 Å². The number of rotatable bonds is 3. The van der Waals surface area contributed by atoms with E-state index in [1.165, 1.54) is 11.3 Å². The molecule has 2 N–H and O–H groups in total. The zero-order valence-electron chi connectivity index (χ0n) is 14.2. The van der Waals surface area contributed by atoms with Crippen molar-refractivity contribution in [2.24, 2.45) is 0 Å². The van der Waals surface area contributed by atoms with Gasteiger partial charge in [-0.15, -0.1) is 11.3 Å². The van der Waals surface area contributed by atoms with Crippen molar-refractivity contribution < 1.29 is 19.4 Å². The minimum absolute atomic E-state index is 0.208. The number of hydrogen-bond donors (Lipinski definition) is 2. The van der Waals surface area contributed by atoms with E-state index in [-0.39, 0.29) is 5.56 Å². The lowest BCUT2D eigenvalue weighted by molar-refractivity contribution is 0.0636. The molecule has 0 saturated heterocycles. The van der Waals surface area contributed by atoms with Crippen LogP contribution in [-0.2, 0) is 17.7 Å². The van der Waals surface area contributed by atoms with Crippen LogP contribution in [0.3, 0.4) is 0 Å². The molecule has 1 aliphatic rings. The summed E-state index contributed by atoms with van der Waals surface area (Å²) in [6.07, 6.45) is 0.0566. The number of carbonyl (C=O) groups excluding carboxylic acids is 1. The number of nitrogens with zero attached hydrogens (tertiary/aromatic N) is 1. The molecule has 6 nitrogen and oxygen atoms in total. The normalized spacial score (nSPS) is 15.4. The number of amides is 1. The molecule has 1 aromatic rings. The van der Waals surface area contributed by atoms with E-state index in [0.717, 1.165) is 17.0 Å². The van der Waals surface area contributed by atoms with Gasteiger partial charge in [-0.3, -0.25) is 10.2 Å². The van der Waals surface area contributed by atoms with E-state index in [0.29, 0.717) is 24.0 Å². The van der Waals surface area contributed by atoms with Crippen molar-refractivity contribution in [1.29, 1.82) is 0 Å². The minimum Gasteiger partial charge on any atom is -0.478 e. The zero-order chi connectivity index (χ0) is 17.4. The summed E-state index contributed by atoms with van der Waals surface area (Å²) >= 11 is 1.33. The van der Waals surface area contributed by atoms with E-state index in [1.54, 1.807) is 20.8 Å². The van der Waals surface area contributed by atoms with Gasteiger partial charge in [0, 0.05) is 24.0 Å². The molecular weight excluding hydrogens is 316 g/mol. The third kappa shape index (κ3) is 4.23. The summed E-state index contributed by atoms with van der Waals surface area (Å²) in [6.45, 7) is 11.1. The highest BCUT2D eigenvalue weighted by atomic mass is 32.1. The second-order valence-electron chi connectivity index (χ2n) is 6.95. The molecule has 0 atom stereocenters. The van der Waals surface area contributed by atoms with E-state index < -0.39 is 17.7 Å². The van der Waals surface area contributed by atoms with Gasteiger partial charge in [0.2, 0.25) is 0 Å². The fraction of sp³-hybridized carbons (Fsp3) is 0.625. The summed E-state index contributed by atoms with van der Waals surface area (Å²) in [5, 5.41) is 12.5. The molecule has 0 bridgehead atoms. The Morgan fingerprint density at radius 1 is 1.35 bits per heavy atom. The second-order valence-corrected chi connectivity index (χ2v) is 8.06. The first-order chi connectivity index (χ1) is 10.6. The van der Waals surface area contributed by atoms with Gasteiger partial charge in [0.15, 0.2) is 0 Å². The number of thiophene rings is 1. The number of fused-ring (bicyclic) bond motifs is 1. The average molecular weight is 340 g/mol. The topological polar surface area (TPSA) is 78.9 Å². The molecule has 2 rings (SSSR count). The molecule has 1 amide bonds. The molecule has 2 heterocycles. The first-order valence-electron chi connectivity index (χ1n) is 7.70. The van der Waals surface area contributed by atoms with Crippen molar-refractivity contribution in [3.05, 3.63) is 16.0 Å². The minimum atomic E-state index is -1.01. The van der Waals surface area contributed by atoms with Gasteiger partial charge in [-0.05, 0) is 46.6 Å². The van der Waals surface area contributed by atoms with Crippen LogP contribution in [0.2, 0.25) is 0 Å². The summed E-state index contributed by atoms with van der Waals surface area (Å²) in [4.78, 5) is 26.9. The molecule has 0 fully saturated rings. The Morgan fingerprint density at radius 3 is 2.52 bits per heavy atom. The molecule has 0 aliphatic carbocycles. The number of anilines is 1. The van der Waals surface area contributed by atoms with Crippen LogP contribution in [0.15, 0.2) is 0 Å². The van der Waals surface area contributed by atoms with Crippen molar-refractivity contribution >= 4 is 28.4 Å². The monoisotopic (exact) mass is 340 g/mol. The maximum Gasteiger partial charge on any atom is 0.412 e. The molecule has 0 aromatic carbocycles. The Kier molecular flexibility index (Phi) is 5.01. The predicted molar refractivity (Wildman–Crippen MR) is 90.4 cm³/mol. The van der Waals surface area contributed by atoms with E-state index in [4.69, 9.17) is 4.74 Å². The Labute approximate surface area is 140 Å². The van der Waals surface area contributed by atoms with Crippen LogP contribution in [0, 0.1) is 0 Å². The summed E-state index contributed by atoms with van der Waals surface area (Å²) in [6, 6.07) is 0.404. The molecule has 128 valence electrons. The Bertz CT molecular complexity index is 616. The fourth-order valence-corrected chi connectivity index (χ4v) is 3.83.